The van der Waals surface area contributed by atoms with E-state index in [1.165, 1.54) is 24.3 Å². The molecule has 2 rings (SSSR count). The minimum absolute atomic E-state index is 0.0233. The Morgan fingerprint density at radius 1 is 1.32 bits per heavy atom. The lowest BCUT2D eigenvalue weighted by atomic mass is 10.3. The van der Waals surface area contributed by atoms with Crippen LogP contribution in [0.2, 0.25) is 0 Å². The first kappa shape index (κ1) is 12.6. The van der Waals surface area contributed by atoms with Crippen LogP contribution in [0.4, 0.5) is 27.5 Å². The molecule has 19 heavy (non-hydrogen) atoms. The summed E-state index contributed by atoms with van der Waals surface area (Å²) < 4.78 is 12.8. The first-order valence-corrected chi connectivity index (χ1v) is 5.11. The molecule has 0 amide bonds. The molecule has 0 aliphatic rings. The van der Waals surface area contributed by atoms with Crippen molar-refractivity contribution in [3.63, 3.8) is 0 Å². The Bertz CT molecular complexity index is 603. The number of nitrogens with zero attached hydrogens (tertiary/aromatic N) is 3. The molecule has 0 aliphatic carbocycles. The van der Waals surface area contributed by atoms with Crippen molar-refractivity contribution >= 4 is 23.1 Å². The van der Waals surface area contributed by atoms with Gasteiger partial charge in [0.15, 0.2) is 0 Å². The number of anilines is 3. The van der Waals surface area contributed by atoms with Gasteiger partial charge in [0, 0.05) is 5.69 Å². The van der Waals surface area contributed by atoms with Crippen molar-refractivity contribution in [1.82, 2.24) is 9.97 Å². The molecular formula is C10H9FN6O2. The van der Waals surface area contributed by atoms with E-state index in [0.717, 1.165) is 6.20 Å². The van der Waals surface area contributed by atoms with Crippen molar-refractivity contribution in [3.05, 3.63) is 46.4 Å². The van der Waals surface area contributed by atoms with Gasteiger partial charge < -0.3 is 5.32 Å². The summed E-state index contributed by atoms with van der Waals surface area (Å²) in [5, 5.41) is 13.5. The lowest BCUT2D eigenvalue weighted by Gasteiger charge is -2.07. The van der Waals surface area contributed by atoms with Gasteiger partial charge in [-0.1, -0.05) is 0 Å². The number of nitrogens with one attached hydrogen (secondary N) is 2. The Balaban J connectivity index is 2.36. The number of hydrazine groups is 1. The SMILES string of the molecule is NNc1ncc([N+](=O)[O-])c(Nc2ccc(F)cc2)n1. The van der Waals surface area contributed by atoms with Crippen molar-refractivity contribution in [2.24, 2.45) is 5.84 Å². The first-order valence-electron chi connectivity index (χ1n) is 5.11. The zero-order chi connectivity index (χ0) is 13.8. The van der Waals surface area contributed by atoms with Gasteiger partial charge in [0.2, 0.25) is 11.8 Å². The molecule has 1 heterocycles. The quantitative estimate of drug-likeness (QED) is 0.435. The van der Waals surface area contributed by atoms with Gasteiger partial charge in [0.25, 0.3) is 0 Å². The largest absolute Gasteiger partial charge is 0.334 e. The average molecular weight is 264 g/mol. The topological polar surface area (TPSA) is 119 Å². The summed E-state index contributed by atoms with van der Waals surface area (Å²) in [6.45, 7) is 0. The van der Waals surface area contributed by atoms with Crippen LogP contribution in [0.15, 0.2) is 30.5 Å². The first-order chi connectivity index (χ1) is 9.10. The van der Waals surface area contributed by atoms with Gasteiger partial charge in [-0.3, -0.25) is 15.5 Å². The van der Waals surface area contributed by atoms with Crippen LogP contribution in [0.1, 0.15) is 0 Å². The third-order valence-corrected chi connectivity index (χ3v) is 2.20. The Hall–Kier alpha value is -2.81. The Kier molecular flexibility index (Phi) is 3.48. The highest BCUT2D eigenvalue weighted by Crippen LogP contribution is 2.25. The van der Waals surface area contributed by atoms with Crippen molar-refractivity contribution < 1.29 is 9.31 Å². The van der Waals surface area contributed by atoms with Gasteiger partial charge >= 0.3 is 5.69 Å². The number of aromatic nitrogens is 2. The zero-order valence-corrected chi connectivity index (χ0v) is 9.50. The number of nitrogen functional groups attached to an aromatic ring is 1. The van der Waals surface area contributed by atoms with Crippen LogP contribution in [0, 0.1) is 15.9 Å². The number of nitrogens with two attached hydrogens (primary N) is 1. The summed E-state index contributed by atoms with van der Waals surface area (Å²) in [6, 6.07) is 5.29. The third-order valence-electron chi connectivity index (χ3n) is 2.20. The smallest absolute Gasteiger partial charge is 0.329 e. The van der Waals surface area contributed by atoms with Crippen molar-refractivity contribution in [2.45, 2.75) is 0 Å². The van der Waals surface area contributed by atoms with Gasteiger partial charge in [-0.15, -0.1) is 0 Å². The highest BCUT2D eigenvalue weighted by atomic mass is 19.1. The molecule has 0 saturated heterocycles. The molecule has 0 bridgehead atoms. The fourth-order valence-electron chi connectivity index (χ4n) is 1.34. The van der Waals surface area contributed by atoms with Crippen molar-refractivity contribution in [1.29, 1.82) is 0 Å². The predicted octanol–water partition coefficient (Wildman–Crippen LogP) is 1.55. The van der Waals surface area contributed by atoms with E-state index in [1.54, 1.807) is 0 Å². The fourth-order valence-corrected chi connectivity index (χ4v) is 1.34. The van der Waals surface area contributed by atoms with Gasteiger partial charge in [-0.05, 0) is 24.3 Å². The second-order valence-corrected chi connectivity index (χ2v) is 3.46. The lowest BCUT2D eigenvalue weighted by molar-refractivity contribution is -0.384. The molecule has 8 nitrogen and oxygen atoms in total. The van der Waals surface area contributed by atoms with Crippen LogP contribution in [0.5, 0.6) is 0 Å². The number of halogens is 1. The molecule has 4 N–H and O–H groups in total. The van der Waals surface area contributed by atoms with Gasteiger partial charge in [0.05, 0.1) is 4.92 Å². The Morgan fingerprint density at radius 3 is 2.58 bits per heavy atom. The van der Waals surface area contributed by atoms with E-state index in [9.17, 15) is 14.5 Å². The van der Waals surface area contributed by atoms with Crippen molar-refractivity contribution in [3.8, 4) is 0 Å². The maximum Gasteiger partial charge on any atom is 0.329 e. The van der Waals surface area contributed by atoms with E-state index in [4.69, 9.17) is 5.84 Å². The third kappa shape index (κ3) is 2.90. The fraction of sp³-hybridized carbons (Fsp3) is 0. The van der Waals surface area contributed by atoms with E-state index in [1.807, 2.05) is 0 Å². The highest BCUT2D eigenvalue weighted by Gasteiger charge is 2.17. The Morgan fingerprint density at radius 2 is 2.00 bits per heavy atom. The predicted molar refractivity (Wildman–Crippen MR) is 66.2 cm³/mol. The van der Waals surface area contributed by atoms with Crippen molar-refractivity contribution in [2.75, 3.05) is 10.7 Å². The summed E-state index contributed by atoms with van der Waals surface area (Å²) in [7, 11) is 0. The zero-order valence-electron chi connectivity index (χ0n) is 9.50. The lowest BCUT2D eigenvalue weighted by Crippen LogP contribution is -2.12. The van der Waals surface area contributed by atoms with Crippen LogP contribution in [-0.2, 0) is 0 Å². The monoisotopic (exact) mass is 264 g/mol. The number of rotatable bonds is 4. The molecule has 0 atom stereocenters. The Labute approximate surface area is 106 Å². The molecule has 0 spiro atoms. The number of hydrogen-bond donors (Lipinski definition) is 3. The maximum atomic E-state index is 12.8. The summed E-state index contributed by atoms with van der Waals surface area (Å²) in [5.41, 5.74) is 2.32. The highest BCUT2D eigenvalue weighted by molar-refractivity contribution is 5.65. The van der Waals surface area contributed by atoms with E-state index in [-0.39, 0.29) is 17.5 Å². The average Bonchev–Trinajstić information content (AvgIpc) is 2.41. The van der Waals surface area contributed by atoms with Gasteiger partial charge in [-0.25, -0.2) is 15.2 Å². The van der Waals surface area contributed by atoms with Crippen LogP contribution < -0.4 is 16.6 Å². The normalized spacial score (nSPS) is 10.0. The minimum atomic E-state index is -0.633. The van der Waals surface area contributed by atoms with E-state index in [0.29, 0.717) is 5.69 Å². The summed E-state index contributed by atoms with van der Waals surface area (Å²) in [6.07, 6.45) is 1.02. The van der Waals surface area contributed by atoms with Crippen LogP contribution in [0.25, 0.3) is 0 Å². The van der Waals surface area contributed by atoms with E-state index >= 15 is 0 Å². The molecule has 0 radical (unpaired) electrons. The second-order valence-electron chi connectivity index (χ2n) is 3.46. The molecular weight excluding hydrogens is 255 g/mol. The summed E-state index contributed by atoms with van der Waals surface area (Å²) in [5.74, 6) is 4.71. The second kappa shape index (κ2) is 5.23. The molecule has 98 valence electrons. The molecule has 0 saturated carbocycles. The number of benzene rings is 1. The summed E-state index contributed by atoms with van der Waals surface area (Å²) in [4.78, 5) is 17.7. The summed E-state index contributed by atoms with van der Waals surface area (Å²) >= 11 is 0. The molecule has 0 aliphatic heterocycles. The molecule has 0 fully saturated rings. The van der Waals surface area contributed by atoms with Gasteiger partial charge in [-0.2, -0.15) is 4.98 Å². The van der Waals surface area contributed by atoms with E-state index < -0.39 is 10.7 Å². The van der Waals surface area contributed by atoms with E-state index in [2.05, 4.69) is 20.7 Å². The molecule has 1 aromatic carbocycles. The molecule has 2 aromatic rings. The molecule has 9 heteroatoms. The molecule has 0 unspecified atom stereocenters. The van der Waals surface area contributed by atoms with Crippen LogP contribution in [-0.4, -0.2) is 14.9 Å². The maximum absolute atomic E-state index is 12.8. The number of nitro groups is 1. The standard InChI is InChI=1S/C10H9FN6O2/c11-6-1-3-7(4-2-6)14-9-8(17(18)19)5-13-10(15-9)16-12/h1-5H,12H2,(H2,13,14,15,16). The minimum Gasteiger partial charge on any atom is -0.334 e. The van der Waals surface area contributed by atoms with Crippen LogP contribution in [0.3, 0.4) is 0 Å². The number of hydrogen-bond acceptors (Lipinski definition) is 7. The van der Waals surface area contributed by atoms with Crippen LogP contribution >= 0.6 is 0 Å². The van der Waals surface area contributed by atoms with Gasteiger partial charge in [0.1, 0.15) is 12.0 Å². The molecule has 1 aromatic heterocycles.